The molecule has 0 aromatic heterocycles. The first-order valence-corrected chi connectivity index (χ1v) is 7.12. The Morgan fingerprint density at radius 2 is 2.05 bits per heavy atom. The molecule has 2 atom stereocenters. The van der Waals surface area contributed by atoms with Crippen LogP contribution in [0.4, 0.5) is 0 Å². The minimum Gasteiger partial charge on any atom is -0.370 e. The van der Waals surface area contributed by atoms with E-state index in [-0.39, 0.29) is 5.60 Å². The summed E-state index contributed by atoms with van der Waals surface area (Å²) in [5, 5.41) is 3.43. The second-order valence-corrected chi connectivity index (χ2v) is 6.13. The van der Waals surface area contributed by atoms with Crippen LogP contribution in [-0.4, -0.2) is 43.3 Å². The van der Waals surface area contributed by atoms with Gasteiger partial charge in [0, 0.05) is 25.7 Å². The number of nitrogens with one attached hydrogen (secondary N) is 1. The molecule has 1 aromatic rings. The zero-order valence-corrected chi connectivity index (χ0v) is 12.5. The molecule has 1 N–H and O–H groups in total. The summed E-state index contributed by atoms with van der Waals surface area (Å²) in [6, 6.07) is 11.0. The largest absolute Gasteiger partial charge is 0.370 e. The van der Waals surface area contributed by atoms with Crippen LogP contribution in [0.2, 0.25) is 0 Å². The smallest absolute Gasteiger partial charge is 0.0757 e. The number of hydrogen-bond donors (Lipinski definition) is 1. The molecule has 0 bridgehead atoms. The Balaban J connectivity index is 2.02. The van der Waals surface area contributed by atoms with E-state index in [1.54, 1.807) is 0 Å². The first-order chi connectivity index (χ1) is 9.00. The lowest BCUT2D eigenvalue weighted by Gasteiger charge is -2.43. The van der Waals surface area contributed by atoms with Crippen LogP contribution in [0.25, 0.3) is 0 Å². The van der Waals surface area contributed by atoms with E-state index < -0.39 is 0 Å². The van der Waals surface area contributed by atoms with Crippen LogP contribution < -0.4 is 5.32 Å². The molecule has 0 radical (unpaired) electrons. The van der Waals surface area contributed by atoms with Crippen molar-refractivity contribution >= 4 is 0 Å². The molecule has 1 heterocycles. The van der Waals surface area contributed by atoms with E-state index in [2.05, 4.69) is 61.3 Å². The number of hydrogen-bond acceptors (Lipinski definition) is 3. The first kappa shape index (κ1) is 14.5. The molecule has 1 aliphatic heterocycles. The Morgan fingerprint density at radius 3 is 2.63 bits per heavy atom. The van der Waals surface area contributed by atoms with Crippen molar-refractivity contribution < 1.29 is 4.74 Å². The van der Waals surface area contributed by atoms with E-state index >= 15 is 0 Å². The number of ether oxygens (including phenoxy) is 1. The zero-order chi connectivity index (χ0) is 13.9. The Kier molecular flexibility index (Phi) is 4.61. The highest BCUT2D eigenvalue weighted by atomic mass is 16.5. The molecule has 0 saturated carbocycles. The fourth-order valence-corrected chi connectivity index (χ4v) is 3.03. The van der Waals surface area contributed by atoms with Crippen molar-refractivity contribution in [2.75, 3.05) is 26.7 Å². The highest BCUT2D eigenvalue weighted by Gasteiger charge is 2.32. The third kappa shape index (κ3) is 4.03. The summed E-state index contributed by atoms with van der Waals surface area (Å²) in [6.07, 6.45) is 0.303. The van der Waals surface area contributed by atoms with Crippen molar-refractivity contribution in [3.05, 3.63) is 35.9 Å². The minimum absolute atomic E-state index is 0.0490. The summed E-state index contributed by atoms with van der Waals surface area (Å²) in [5.41, 5.74) is 1.30. The van der Waals surface area contributed by atoms with Gasteiger partial charge in [-0.05, 0) is 33.4 Å². The molecule has 3 nitrogen and oxygen atoms in total. The summed E-state index contributed by atoms with van der Waals surface area (Å²) < 4.78 is 5.96. The quantitative estimate of drug-likeness (QED) is 0.902. The van der Waals surface area contributed by atoms with Gasteiger partial charge in [0.1, 0.15) is 0 Å². The van der Waals surface area contributed by atoms with Crippen molar-refractivity contribution in [3.8, 4) is 0 Å². The zero-order valence-electron chi connectivity index (χ0n) is 12.5. The third-order valence-electron chi connectivity index (χ3n) is 3.63. The van der Waals surface area contributed by atoms with Crippen LogP contribution in [0, 0.1) is 0 Å². The van der Waals surface area contributed by atoms with Crippen LogP contribution in [0.3, 0.4) is 0 Å². The summed E-state index contributed by atoms with van der Waals surface area (Å²) in [6.45, 7) is 9.53. The van der Waals surface area contributed by atoms with Crippen molar-refractivity contribution in [2.24, 2.45) is 0 Å². The molecule has 0 aliphatic carbocycles. The monoisotopic (exact) mass is 262 g/mol. The summed E-state index contributed by atoms with van der Waals surface area (Å²) in [5.74, 6) is 0. The number of nitrogens with zero attached hydrogens (tertiary/aromatic N) is 1. The van der Waals surface area contributed by atoms with E-state index in [4.69, 9.17) is 4.74 Å². The average Bonchev–Trinajstić information content (AvgIpc) is 2.34. The van der Waals surface area contributed by atoms with Crippen molar-refractivity contribution in [3.63, 3.8) is 0 Å². The van der Waals surface area contributed by atoms with Gasteiger partial charge >= 0.3 is 0 Å². The van der Waals surface area contributed by atoms with Gasteiger partial charge in [0.15, 0.2) is 0 Å². The van der Waals surface area contributed by atoms with Crippen LogP contribution in [0.15, 0.2) is 30.3 Å². The van der Waals surface area contributed by atoms with Gasteiger partial charge < -0.3 is 10.1 Å². The second kappa shape index (κ2) is 6.04. The molecule has 0 amide bonds. The van der Waals surface area contributed by atoms with Crippen LogP contribution in [0.5, 0.6) is 0 Å². The summed E-state index contributed by atoms with van der Waals surface area (Å²) in [4.78, 5) is 2.50. The predicted molar refractivity (Wildman–Crippen MR) is 79.3 cm³/mol. The van der Waals surface area contributed by atoms with E-state index in [1.807, 2.05) is 7.05 Å². The predicted octanol–water partition coefficient (Wildman–Crippen LogP) is 2.45. The first-order valence-electron chi connectivity index (χ1n) is 7.12. The molecule has 1 fully saturated rings. The maximum Gasteiger partial charge on any atom is 0.0757 e. The standard InChI is InChI=1S/C16H26N2O/c1-13-10-18(12-16(2,3)19-13)11-15(17-4)14-8-6-5-7-9-14/h5-9,13,15,17H,10-12H2,1-4H3. The minimum atomic E-state index is -0.0490. The summed E-state index contributed by atoms with van der Waals surface area (Å²) in [7, 11) is 2.03. The Morgan fingerprint density at radius 1 is 1.37 bits per heavy atom. The Bertz CT molecular complexity index is 391. The molecule has 3 heteroatoms. The van der Waals surface area contributed by atoms with Crippen LogP contribution >= 0.6 is 0 Å². The number of morpholine rings is 1. The van der Waals surface area contributed by atoms with E-state index in [1.165, 1.54) is 5.56 Å². The van der Waals surface area contributed by atoms with Gasteiger partial charge in [-0.2, -0.15) is 0 Å². The van der Waals surface area contributed by atoms with E-state index in [0.717, 1.165) is 19.6 Å². The normalized spacial score (nSPS) is 25.2. The van der Waals surface area contributed by atoms with Crippen molar-refractivity contribution in [1.29, 1.82) is 0 Å². The molecule has 1 aromatic carbocycles. The van der Waals surface area contributed by atoms with E-state index in [0.29, 0.717) is 12.1 Å². The van der Waals surface area contributed by atoms with Gasteiger partial charge in [-0.25, -0.2) is 0 Å². The highest BCUT2D eigenvalue weighted by Crippen LogP contribution is 2.23. The topological polar surface area (TPSA) is 24.5 Å². The molecular weight excluding hydrogens is 236 g/mol. The van der Waals surface area contributed by atoms with Gasteiger partial charge in [-0.1, -0.05) is 30.3 Å². The van der Waals surface area contributed by atoms with Gasteiger partial charge in [0.25, 0.3) is 0 Å². The molecular formula is C16H26N2O. The van der Waals surface area contributed by atoms with Crippen molar-refractivity contribution in [2.45, 2.75) is 38.5 Å². The lowest BCUT2D eigenvalue weighted by Crippen LogP contribution is -2.53. The summed E-state index contributed by atoms with van der Waals surface area (Å²) >= 11 is 0. The fraction of sp³-hybridized carbons (Fsp3) is 0.625. The third-order valence-corrected chi connectivity index (χ3v) is 3.63. The molecule has 2 rings (SSSR count). The maximum atomic E-state index is 5.96. The molecule has 1 aliphatic rings. The van der Waals surface area contributed by atoms with Gasteiger partial charge in [0.05, 0.1) is 11.7 Å². The Hall–Kier alpha value is -0.900. The lowest BCUT2D eigenvalue weighted by atomic mass is 10.0. The Labute approximate surface area is 116 Å². The van der Waals surface area contributed by atoms with Crippen LogP contribution in [-0.2, 0) is 4.74 Å². The molecule has 0 spiro atoms. The average molecular weight is 262 g/mol. The fourth-order valence-electron chi connectivity index (χ4n) is 3.03. The highest BCUT2D eigenvalue weighted by molar-refractivity contribution is 5.19. The molecule has 2 unspecified atom stereocenters. The van der Waals surface area contributed by atoms with Crippen molar-refractivity contribution in [1.82, 2.24) is 10.2 Å². The lowest BCUT2D eigenvalue weighted by molar-refractivity contribution is -0.129. The van der Waals surface area contributed by atoms with Crippen LogP contribution in [0.1, 0.15) is 32.4 Å². The van der Waals surface area contributed by atoms with Gasteiger partial charge in [-0.3, -0.25) is 4.90 Å². The molecule has 19 heavy (non-hydrogen) atoms. The maximum absolute atomic E-state index is 5.96. The SMILES string of the molecule is CNC(CN1CC(C)OC(C)(C)C1)c1ccccc1. The van der Waals surface area contributed by atoms with E-state index in [9.17, 15) is 0 Å². The number of likely N-dealkylation sites (N-methyl/N-ethyl adjacent to an activating group) is 1. The number of rotatable bonds is 4. The van der Waals surface area contributed by atoms with Gasteiger partial charge in [0.2, 0.25) is 0 Å². The molecule has 106 valence electrons. The number of benzene rings is 1. The second-order valence-electron chi connectivity index (χ2n) is 6.13. The van der Waals surface area contributed by atoms with Gasteiger partial charge in [-0.15, -0.1) is 0 Å². The molecule has 1 saturated heterocycles.